The van der Waals surface area contributed by atoms with Gasteiger partial charge in [-0.05, 0) is 50.5 Å². The summed E-state index contributed by atoms with van der Waals surface area (Å²) in [6.07, 6.45) is 7.26. The predicted octanol–water partition coefficient (Wildman–Crippen LogP) is 4.27. The smallest absolute Gasteiger partial charge is 0.340 e. The molecule has 2 rings (SSSR count). The summed E-state index contributed by atoms with van der Waals surface area (Å²) < 4.78 is 28.6. The van der Waals surface area contributed by atoms with Crippen molar-refractivity contribution in [1.29, 1.82) is 0 Å². The molecule has 1 fully saturated rings. The van der Waals surface area contributed by atoms with Crippen molar-refractivity contribution in [3.8, 4) is 5.75 Å². The second kappa shape index (κ2) is 9.62. The molecule has 1 saturated heterocycles. The van der Waals surface area contributed by atoms with Gasteiger partial charge >= 0.3 is 5.97 Å². The second-order valence-corrected chi connectivity index (χ2v) is 6.18. The number of rotatable bonds is 12. The van der Waals surface area contributed by atoms with E-state index in [0.717, 1.165) is 44.9 Å². The van der Waals surface area contributed by atoms with E-state index in [1.165, 1.54) is 12.1 Å². The third kappa shape index (κ3) is 6.11. The van der Waals surface area contributed by atoms with E-state index in [4.69, 9.17) is 14.2 Å². The number of unbranched alkanes of at least 4 members (excludes halogenated alkanes) is 5. The molecular formula is C19H27FO4. The molecule has 0 saturated carbocycles. The van der Waals surface area contributed by atoms with Crippen LogP contribution in [-0.4, -0.2) is 31.4 Å². The van der Waals surface area contributed by atoms with Crippen molar-refractivity contribution in [2.24, 2.45) is 0 Å². The lowest BCUT2D eigenvalue weighted by molar-refractivity contribution is -0.149. The zero-order valence-corrected chi connectivity index (χ0v) is 14.4. The fourth-order valence-corrected chi connectivity index (χ4v) is 2.65. The number of carbonyl (C=O) groups is 1. The second-order valence-electron chi connectivity index (χ2n) is 6.18. The van der Waals surface area contributed by atoms with Gasteiger partial charge in [0.05, 0.1) is 19.8 Å². The van der Waals surface area contributed by atoms with Crippen LogP contribution < -0.4 is 4.74 Å². The highest BCUT2D eigenvalue weighted by Crippen LogP contribution is 2.34. The van der Waals surface area contributed by atoms with Crippen molar-refractivity contribution in [2.45, 2.75) is 57.5 Å². The van der Waals surface area contributed by atoms with Gasteiger partial charge in [-0.3, -0.25) is 0 Å². The highest BCUT2D eigenvalue weighted by atomic mass is 19.1. The first kappa shape index (κ1) is 18.7. The molecule has 0 bridgehead atoms. The van der Waals surface area contributed by atoms with E-state index in [-0.39, 0.29) is 11.8 Å². The summed E-state index contributed by atoms with van der Waals surface area (Å²) in [5.41, 5.74) is -0.626. The minimum Gasteiger partial charge on any atom is -0.494 e. The minimum atomic E-state index is -0.626. The van der Waals surface area contributed by atoms with Crippen molar-refractivity contribution < 1.29 is 23.4 Å². The summed E-state index contributed by atoms with van der Waals surface area (Å²) in [6.45, 7) is 3.38. The molecule has 4 nitrogen and oxygen atoms in total. The Morgan fingerprint density at radius 2 is 1.75 bits per heavy atom. The molecule has 0 aliphatic carbocycles. The van der Waals surface area contributed by atoms with E-state index in [2.05, 4.69) is 0 Å². The number of esters is 1. The van der Waals surface area contributed by atoms with Crippen LogP contribution in [0, 0.1) is 5.82 Å². The molecule has 0 spiro atoms. The number of ether oxygens (including phenoxy) is 3. The molecule has 0 N–H and O–H groups in total. The lowest BCUT2D eigenvalue weighted by Crippen LogP contribution is -2.27. The van der Waals surface area contributed by atoms with Crippen LogP contribution in [0.15, 0.2) is 24.3 Å². The number of carbonyl (C=O) groups excluding carboxylic acids is 1. The quantitative estimate of drug-likeness (QED) is 0.324. The van der Waals surface area contributed by atoms with Gasteiger partial charge in [-0.1, -0.05) is 25.7 Å². The van der Waals surface area contributed by atoms with E-state index in [9.17, 15) is 9.18 Å². The van der Waals surface area contributed by atoms with Crippen molar-refractivity contribution in [1.82, 2.24) is 0 Å². The Morgan fingerprint density at radius 1 is 1.12 bits per heavy atom. The topological polar surface area (TPSA) is 48.1 Å². The molecule has 1 aromatic carbocycles. The number of hydrogen-bond donors (Lipinski definition) is 0. The molecule has 0 aromatic heterocycles. The third-order valence-electron chi connectivity index (χ3n) is 4.20. The Bertz CT molecular complexity index is 497. The lowest BCUT2D eigenvalue weighted by Gasteiger charge is -2.10. The van der Waals surface area contributed by atoms with Gasteiger partial charge in [-0.2, -0.15) is 0 Å². The summed E-state index contributed by atoms with van der Waals surface area (Å²) in [7, 11) is 0. The van der Waals surface area contributed by atoms with Crippen molar-refractivity contribution in [3.63, 3.8) is 0 Å². The Labute approximate surface area is 143 Å². The van der Waals surface area contributed by atoms with Crippen LogP contribution in [-0.2, 0) is 14.3 Å². The normalized spacial score (nSPS) is 19.1. The van der Waals surface area contributed by atoms with E-state index in [0.29, 0.717) is 25.6 Å². The van der Waals surface area contributed by atoms with Crippen molar-refractivity contribution in [2.75, 3.05) is 19.8 Å². The molecule has 1 heterocycles. The Hall–Kier alpha value is -1.62. The minimum absolute atomic E-state index is 0.206. The van der Waals surface area contributed by atoms with Crippen LogP contribution in [0.25, 0.3) is 0 Å². The Balaban J connectivity index is 1.43. The molecule has 5 heteroatoms. The maximum absolute atomic E-state index is 12.7. The van der Waals surface area contributed by atoms with Gasteiger partial charge in [-0.15, -0.1) is 0 Å². The summed E-state index contributed by atoms with van der Waals surface area (Å²) in [5.74, 6) is 0.261. The molecule has 0 radical (unpaired) electrons. The first-order chi connectivity index (χ1) is 11.7. The highest BCUT2D eigenvalue weighted by Gasteiger charge is 2.52. The molecule has 1 aliphatic rings. The lowest BCUT2D eigenvalue weighted by atomic mass is 10.0. The number of halogens is 1. The standard InChI is InChI=1S/C19H27FO4/c1-2-22-18(21)19(15-24-19)13-7-5-3-4-6-8-14-23-17-11-9-16(20)10-12-17/h9-12H,2-8,13-15H2,1H3. The maximum atomic E-state index is 12.7. The summed E-state index contributed by atoms with van der Waals surface area (Å²) >= 11 is 0. The number of epoxide rings is 1. The largest absolute Gasteiger partial charge is 0.494 e. The number of hydrogen-bond acceptors (Lipinski definition) is 4. The average Bonchev–Trinajstić information content (AvgIpc) is 3.36. The van der Waals surface area contributed by atoms with Crippen molar-refractivity contribution >= 4 is 5.97 Å². The molecule has 1 unspecified atom stereocenters. The SMILES string of the molecule is CCOC(=O)C1(CCCCCCCCOc2ccc(F)cc2)CO1. The maximum Gasteiger partial charge on any atom is 0.340 e. The van der Waals surface area contributed by atoms with Gasteiger partial charge < -0.3 is 14.2 Å². The fraction of sp³-hybridized carbons (Fsp3) is 0.632. The van der Waals surface area contributed by atoms with Crippen LogP contribution >= 0.6 is 0 Å². The molecular weight excluding hydrogens is 311 g/mol. The molecule has 24 heavy (non-hydrogen) atoms. The van der Waals surface area contributed by atoms with Gasteiger partial charge in [0, 0.05) is 0 Å². The summed E-state index contributed by atoms with van der Waals surface area (Å²) in [5, 5.41) is 0. The zero-order valence-electron chi connectivity index (χ0n) is 14.4. The molecule has 1 atom stereocenters. The highest BCUT2D eigenvalue weighted by molar-refractivity contribution is 5.82. The van der Waals surface area contributed by atoms with Crippen LogP contribution in [0.2, 0.25) is 0 Å². The molecule has 1 aliphatic heterocycles. The van der Waals surface area contributed by atoms with Crippen LogP contribution in [0.1, 0.15) is 51.9 Å². The average molecular weight is 338 g/mol. The van der Waals surface area contributed by atoms with E-state index in [1.807, 2.05) is 6.92 Å². The molecule has 134 valence electrons. The summed E-state index contributed by atoms with van der Waals surface area (Å²) in [6, 6.07) is 6.10. The van der Waals surface area contributed by atoms with E-state index < -0.39 is 5.60 Å². The van der Waals surface area contributed by atoms with Crippen LogP contribution in [0.4, 0.5) is 4.39 Å². The van der Waals surface area contributed by atoms with Gasteiger partial charge in [0.2, 0.25) is 0 Å². The van der Waals surface area contributed by atoms with Gasteiger partial charge in [0.25, 0.3) is 0 Å². The Morgan fingerprint density at radius 3 is 2.38 bits per heavy atom. The van der Waals surface area contributed by atoms with Crippen LogP contribution in [0.5, 0.6) is 5.75 Å². The van der Waals surface area contributed by atoms with E-state index in [1.54, 1.807) is 12.1 Å². The predicted molar refractivity (Wildman–Crippen MR) is 89.5 cm³/mol. The first-order valence-electron chi connectivity index (χ1n) is 8.86. The monoisotopic (exact) mass is 338 g/mol. The fourth-order valence-electron chi connectivity index (χ4n) is 2.65. The Kier molecular flexibility index (Phi) is 7.50. The van der Waals surface area contributed by atoms with Gasteiger partial charge in [0.15, 0.2) is 5.60 Å². The van der Waals surface area contributed by atoms with E-state index >= 15 is 0 Å². The third-order valence-corrected chi connectivity index (χ3v) is 4.20. The molecule has 1 aromatic rings. The van der Waals surface area contributed by atoms with Gasteiger partial charge in [-0.25, -0.2) is 9.18 Å². The van der Waals surface area contributed by atoms with Crippen LogP contribution in [0.3, 0.4) is 0 Å². The van der Waals surface area contributed by atoms with Gasteiger partial charge in [0.1, 0.15) is 11.6 Å². The number of benzene rings is 1. The molecule has 0 amide bonds. The summed E-state index contributed by atoms with van der Waals surface area (Å²) in [4.78, 5) is 11.7. The zero-order chi connectivity index (χ0) is 17.3. The first-order valence-corrected chi connectivity index (χ1v) is 8.86. The van der Waals surface area contributed by atoms with Crippen molar-refractivity contribution in [3.05, 3.63) is 30.1 Å².